The number of halogens is 1. The van der Waals surface area contributed by atoms with Crippen LogP contribution in [0.15, 0.2) is 40.9 Å². The van der Waals surface area contributed by atoms with Crippen LogP contribution >= 0.6 is 15.9 Å². The van der Waals surface area contributed by atoms with Crippen LogP contribution in [0.4, 0.5) is 5.69 Å². The Morgan fingerprint density at radius 1 is 1.10 bits per heavy atom. The zero-order valence-electron chi connectivity index (χ0n) is 10.3. The summed E-state index contributed by atoms with van der Waals surface area (Å²) in [5, 5.41) is 13.9. The monoisotopic (exact) mass is 336 g/mol. The lowest BCUT2D eigenvalue weighted by Crippen LogP contribution is -2.45. The number of hydrogen-bond donors (Lipinski definition) is 1. The third-order valence-corrected chi connectivity index (χ3v) is 4.11. The van der Waals surface area contributed by atoms with Crippen molar-refractivity contribution in [1.82, 2.24) is 0 Å². The van der Waals surface area contributed by atoms with Crippen LogP contribution in [-0.4, -0.2) is 24.1 Å². The number of benzene rings is 1. The van der Waals surface area contributed by atoms with Crippen molar-refractivity contribution in [2.45, 2.75) is 12.2 Å². The number of amides is 1. The maximum atomic E-state index is 12.3. The average molecular weight is 337 g/mol. The highest BCUT2D eigenvalue weighted by atomic mass is 79.9. The molecule has 2 heterocycles. The van der Waals surface area contributed by atoms with E-state index in [1.807, 2.05) is 0 Å². The lowest BCUT2D eigenvalue weighted by molar-refractivity contribution is -0.313. The minimum atomic E-state index is -1.25. The number of nitrogens with one attached hydrogen (secondary N) is 1. The number of anilines is 1. The molecular formula is C14H11BrNO4-. The molecule has 0 aliphatic carbocycles. The van der Waals surface area contributed by atoms with Gasteiger partial charge in [-0.2, -0.15) is 0 Å². The Bertz CT molecular complexity index is 583. The van der Waals surface area contributed by atoms with E-state index in [1.54, 1.807) is 36.4 Å². The molecule has 0 unspecified atom stereocenters. The average Bonchev–Trinajstić information content (AvgIpc) is 3.01. The second-order valence-electron chi connectivity index (χ2n) is 4.82. The molecule has 0 spiro atoms. The Labute approximate surface area is 123 Å². The standard InChI is InChI=1S/C14H12BrNO4/c15-7-1-3-8(4-2-7)16-13(17)11-9-5-6-10(20-9)12(11)14(18)19/h1-6,9-12H,(H,16,17)(H,18,19)/p-1/t9-,10+,11-,12-/m0/s1. The predicted octanol–water partition coefficient (Wildman–Crippen LogP) is 0.707. The molecule has 0 radical (unpaired) electrons. The van der Waals surface area contributed by atoms with E-state index in [0.29, 0.717) is 5.69 Å². The Hall–Kier alpha value is -1.66. The number of carboxylic acids is 1. The molecule has 0 aromatic heterocycles. The number of hydrogen-bond acceptors (Lipinski definition) is 4. The zero-order valence-corrected chi connectivity index (χ0v) is 11.9. The van der Waals surface area contributed by atoms with Crippen LogP contribution < -0.4 is 10.4 Å². The number of carbonyl (C=O) groups excluding carboxylic acids is 2. The SMILES string of the molecule is O=C(Nc1ccc(Br)cc1)[C@@H]1[C@@H](C(=O)[O-])[C@H]2C=C[C@@H]1O2. The number of rotatable bonds is 3. The Morgan fingerprint density at radius 2 is 1.70 bits per heavy atom. The molecule has 1 fully saturated rings. The Kier molecular flexibility index (Phi) is 3.35. The van der Waals surface area contributed by atoms with Crippen molar-refractivity contribution >= 4 is 33.5 Å². The predicted molar refractivity (Wildman–Crippen MR) is 72.6 cm³/mol. The third kappa shape index (κ3) is 2.25. The maximum absolute atomic E-state index is 12.3. The summed E-state index contributed by atoms with van der Waals surface area (Å²) in [7, 11) is 0. The molecule has 1 N–H and O–H groups in total. The number of aliphatic carboxylic acids is 1. The molecule has 0 saturated carbocycles. The van der Waals surface area contributed by atoms with Crippen molar-refractivity contribution in [3.05, 3.63) is 40.9 Å². The van der Waals surface area contributed by atoms with E-state index in [0.717, 1.165) is 4.47 Å². The van der Waals surface area contributed by atoms with Gasteiger partial charge in [-0.25, -0.2) is 0 Å². The first kappa shape index (κ1) is 13.3. The Balaban J connectivity index is 1.78. The highest BCUT2D eigenvalue weighted by Crippen LogP contribution is 2.39. The fraction of sp³-hybridized carbons (Fsp3) is 0.286. The van der Waals surface area contributed by atoms with Gasteiger partial charge in [0.05, 0.1) is 18.1 Å². The van der Waals surface area contributed by atoms with E-state index in [4.69, 9.17) is 4.74 Å². The summed E-state index contributed by atoms with van der Waals surface area (Å²) < 4.78 is 6.33. The van der Waals surface area contributed by atoms with Gasteiger partial charge in [0.25, 0.3) is 0 Å². The van der Waals surface area contributed by atoms with Gasteiger partial charge in [-0.05, 0) is 24.3 Å². The summed E-state index contributed by atoms with van der Waals surface area (Å²) in [6.07, 6.45) is 2.36. The largest absolute Gasteiger partial charge is 0.550 e. The molecule has 20 heavy (non-hydrogen) atoms. The normalized spacial score (nSPS) is 30.4. The van der Waals surface area contributed by atoms with E-state index in [1.165, 1.54) is 0 Å². The van der Waals surface area contributed by atoms with Crippen LogP contribution in [0, 0.1) is 11.8 Å². The number of ether oxygens (including phenoxy) is 1. The minimum absolute atomic E-state index is 0.363. The van der Waals surface area contributed by atoms with Crippen LogP contribution in [0.2, 0.25) is 0 Å². The molecule has 1 saturated heterocycles. The van der Waals surface area contributed by atoms with E-state index >= 15 is 0 Å². The van der Waals surface area contributed by atoms with Crippen molar-refractivity contribution in [2.75, 3.05) is 5.32 Å². The molecule has 5 nitrogen and oxygen atoms in total. The molecule has 104 valence electrons. The van der Waals surface area contributed by atoms with Crippen molar-refractivity contribution in [1.29, 1.82) is 0 Å². The summed E-state index contributed by atoms with van der Waals surface area (Å²) in [4.78, 5) is 23.5. The van der Waals surface area contributed by atoms with Gasteiger partial charge in [0, 0.05) is 22.0 Å². The first-order valence-electron chi connectivity index (χ1n) is 6.17. The van der Waals surface area contributed by atoms with E-state index < -0.39 is 30.0 Å². The van der Waals surface area contributed by atoms with Crippen molar-refractivity contribution in [3.8, 4) is 0 Å². The highest BCUT2D eigenvalue weighted by Gasteiger charge is 2.50. The first-order chi connectivity index (χ1) is 9.56. The van der Waals surface area contributed by atoms with Gasteiger partial charge in [0.2, 0.25) is 5.91 Å². The molecule has 2 aliphatic rings. The van der Waals surface area contributed by atoms with E-state index in [2.05, 4.69) is 21.2 Å². The van der Waals surface area contributed by atoms with Crippen molar-refractivity contribution in [2.24, 2.45) is 11.8 Å². The van der Waals surface area contributed by atoms with Gasteiger partial charge in [0.15, 0.2) is 0 Å². The lowest BCUT2D eigenvalue weighted by atomic mass is 9.82. The summed E-state index contributed by atoms with van der Waals surface area (Å²) in [5.41, 5.74) is 0.613. The van der Waals surface area contributed by atoms with E-state index in [9.17, 15) is 14.7 Å². The van der Waals surface area contributed by atoms with E-state index in [-0.39, 0.29) is 5.91 Å². The fourth-order valence-corrected chi connectivity index (χ4v) is 2.92. The van der Waals surface area contributed by atoms with Crippen LogP contribution in [-0.2, 0) is 14.3 Å². The topological polar surface area (TPSA) is 78.5 Å². The van der Waals surface area contributed by atoms with Crippen molar-refractivity contribution in [3.63, 3.8) is 0 Å². The fourth-order valence-electron chi connectivity index (χ4n) is 2.66. The van der Waals surface area contributed by atoms with Gasteiger partial charge in [-0.15, -0.1) is 0 Å². The number of fused-ring (bicyclic) bond motifs is 2. The van der Waals surface area contributed by atoms with Gasteiger partial charge < -0.3 is 20.0 Å². The van der Waals surface area contributed by atoms with Crippen LogP contribution in [0.1, 0.15) is 0 Å². The van der Waals surface area contributed by atoms with Crippen molar-refractivity contribution < 1.29 is 19.4 Å². The molecule has 1 amide bonds. The maximum Gasteiger partial charge on any atom is 0.231 e. The molecule has 2 aliphatic heterocycles. The number of carbonyl (C=O) groups is 2. The summed E-state index contributed by atoms with van der Waals surface area (Å²) in [6.45, 7) is 0. The van der Waals surface area contributed by atoms with Gasteiger partial charge in [-0.3, -0.25) is 4.79 Å². The Morgan fingerprint density at radius 3 is 2.30 bits per heavy atom. The third-order valence-electron chi connectivity index (χ3n) is 3.59. The van der Waals surface area contributed by atoms with Crippen LogP contribution in [0.5, 0.6) is 0 Å². The molecule has 6 heteroatoms. The molecule has 1 aromatic carbocycles. The van der Waals surface area contributed by atoms with Crippen LogP contribution in [0.3, 0.4) is 0 Å². The lowest BCUT2D eigenvalue weighted by Gasteiger charge is -2.24. The molecule has 1 aromatic rings. The summed E-state index contributed by atoms with van der Waals surface area (Å²) in [6, 6.07) is 7.06. The molecule has 3 rings (SSSR count). The molecule has 4 atom stereocenters. The smallest absolute Gasteiger partial charge is 0.231 e. The molecule has 2 bridgehead atoms. The van der Waals surface area contributed by atoms with Gasteiger partial charge in [0.1, 0.15) is 0 Å². The quantitative estimate of drug-likeness (QED) is 0.824. The van der Waals surface area contributed by atoms with Crippen LogP contribution in [0.25, 0.3) is 0 Å². The summed E-state index contributed by atoms with van der Waals surface area (Å²) >= 11 is 3.31. The second-order valence-corrected chi connectivity index (χ2v) is 5.73. The highest BCUT2D eigenvalue weighted by molar-refractivity contribution is 9.10. The van der Waals surface area contributed by atoms with Gasteiger partial charge in [-0.1, -0.05) is 28.1 Å². The minimum Gasteiger partial charge on any atom is -0.550 e. The summed E-state index contributed by atoms with van der Waals surface area (Å²) in [5.74, 6) is -3.30. The second kappa shape index (κ2) is 5.03. The number of carboxylic acid groups (broad SMARTS) is 1. The molecular weight excluding hydrogens is 326 g/mol. The van der Waals surface area contributed by atoms with Gasteiger partial charge >= 0.3 is 0 Å². The first-order valence-corrected chi connectivity index (χ1v) is 6.96. The zero-order chi connectivity index (χ0) is 14.3.